The average Bonchev–Trinajstić information content (AvgIpc) is 3.35. The number of hydrogen-bond acceptors (Lipinski definition) is 4. The zero-order valence-electron chi connectivity index (χ0n) is 19.0. The van der Waals surface area contributed by atoms with Crippen LogP contribution >= 0.6 is 0 Å². The van der Waals surface area contributed by atoms with Crippen LogP contribution in [-0.2, 0) is 4.79 Å². The molecular weight excluding hydrogens is 408 g/mol. The number of fused-ring (bicyclic) bond motifs is 1. The van der Waals surface area contributed by atoms with Gasteiger partial charge in [0.2, 0.25) is 0 Å². The van der Waals surface area contributed by atoms with Crippen LogP contribution in [0.4, 0.5) is 4.79 Å². The first-order chi connectivity index (χ1) is 15.3. The molecule has 1 aliphatic carbocycles. The highest BCUT2D eigenvalue weighted by molar-refractivity contribution is 5.89. The SMILES string of the molecule is CC(C)n1c(=O)n(C(=O)NCC2CCN(CC3(C(=O)O)CCCC3)CC2)c2ccccc21. The monoisotopic (exact) mass is 442 g/mol. The topological polar surface area (TPSA) is 96.6 Å². The summed E-state index contributed by atoms with van der Waals surface area (Å²) in [6.45, 7) is 6.72. The Bertz CT molecular complexity index is 1040. The number of likely N-dealkylation sites (tertiary alicyclic amines) is 1. The zero-order valence-corrected chi connectivity index (χ0v) is 19.0. The summed E-state index contributed by atoms with van der Waals surface area (Å²) in [4.78, 5) is 40.0. The van der Waals surface area contributed by atoms with Crippen molar-refractivity contribution in [3.8, 4) is 0 Å². The number of carboxylic acid groups (broad SMARTS) is 1. The minimum absolute atomic E-state index is 0.0419. The van der Waals surface area contributed by atoms with E-state index in [0.717, 1.165) is 57.1 Å². The van der Waals surface area contributed by atoms with Gasteiger partial charge < -0.3 is 15.3 Å². The van der Waals surface area contributed by atoms with Gasteiger partial charge >= 0.3 is 17.7 Å². The van der Waals surface area contributed by atoms with Gasteiger partial charge in [-0.15, -0.1) is 0 Å². The number of carboxylic acids is 1. The van der Waals surface area contributed by atoms with Crippen LogP contribution in [0.3, 0.4) is 0 Å². The van der Waals surface area contributed by atoms with Gasteiger partial charge in [0, 0.05) is 19.1 Å². The van der Waals surface area contributed by atoms with E-state index in [-0.39, 0.29) is 17.8 Å². The van der Waals surface area contributed by atoms with Crippen LogP contribution in [0.1, 0.15) is 58.4 Å². The van der Waals surface area contributed by atoms with Crippen LogP contribution in [0.5, 0.6) is 0 Å². The molecule has 8 heteroatoms. The van der Waals surface area contributed by atoms with Gasteiger partial charge in [-0.05, 0) is 70.7 Å². The largest absolute Gasteiger partial charge is 0.481 e. The molecule has 1 aromatic carbocycles. The van der Waals surface area contributed by atoms with Crippen molar-refractivity contribution in [3.63, 3.8) is 0 Å². The zero-order chi connectivity index (χ0) is 22.9. The second kappa shape index (κ2) is 9.10. The lowest BCUT2D eigenvalue weighted by Crippen LogP contribution is -2.46. The van der Waals surface area contributed by atoms with Crippen LogP contribution in [0.15, 0.2) is 29.1 Å². The summed E-state index contributed by atoms with van der Waals surface area (Å²) in [5.41, 5.74) is 0.487. The van der Waals surface area contributed by atoms with E-state index in [1.807, 2.05) is 32.0 Å². The van der Waals surface area contributed by atoms with E-state index in [1.54, 1.807) is 10.6 Å². The summed E-state index contributed by atoms with van der Waals surface area (Å²) in [6, 6.07) is 6.94. The van der Waals surface area contributed by atoms with E-state index in [1.165, 1.54) is 4.57 Å². The van der Waals surface area contributed by atoms with Crippen molar-refractivity contribution in [2.75, 3.05) is 26.2 Å². The fourth-order valence-corrected chi connectivity index (χ4v) is 5.44. The maximum Gasteiger partial charge on any atom is 0.337 e. The lowest BCUT2D eigenvalue weighted by atomic mass is 9.84. The normalized spacial score (nSPS) is 19.6. The molecule has 4 rings (SSSR count). The molecular formula is C24H34N4O4. The number of piperidine rings is 1. The molecule has 0 spiro atoms. The van der Waals surface area contributed by atoms with Gasteiger partial charge in [-0.25, -0.2) is 14.2 Å². The molecule has 2 heterocycles. The van der Waals surface area contributed by atoms with Crippen molar-refractivity contribution < 1.29 is 14.7 Å². The molecule has 0 radical (unpaired) electrons. The summed E-state index contributed by atoms with van der Waals surface area (Å²) in [6.07, 6.45) is 5.38. The van der Waals surface area contributed by atoms with Gasteiger partial charge in [-0.2, -0.15) is 0 Å². The number of amides is 1. The highest BCUT2D eigenvalue weighted by atomic mass is 16.4. The van der Waals surface area contributed by atoms with E-state index >= 15 is 0 Å². The maximum absolute atomic E-state index is 12.9. The molecule has 174 valence electrons. The first kappa shape index (κ1) is 22.6. The van der Waals surface area contributed by atoms with Gasteiger partial charge in [0.1, 0.15) is 0 Å². The third-order valence-corrected chi connectivity index (χ3v) is 7.29. The lowest BCUT2D eigenvalue weighted by molar-refractivity contribution is -0.150. The van der Waals surface area contributed by atoms with E-state index in [2.05, 4.69) is 10.2 Å². The average molecular weight is 443 g/mol. The first-order valence-corrected chi connectivity index (χ1v) is 11.8. The van der Waals surface area contributed by atoms with E-state index < -0.39 is 11.4 Å². The van der Waals surface area contributed by atoms with E-state index in [9.17, 15) is 19.5 Å². The van der Waals surface area contributed by atoms with Crippen molar-refractivity contribution in [1.29, 1.82) is 0 Å². The van der Waals surface area contributed by atoms with Crippen LogP contribution in [-0.4, -0.2) is 57.3 Å². The summed E-state index contributed by atoms with van der Waals surface area (Å²) in [5, 5.41) is 12.7. The molecule has 1 aromatic heterocycles. The number of aromatic nitrogens is 2. The summed E-state index contributed by atoms with van der Waals surface area (Å²) in [7, 11) is 0. The Morgan fingerprint density at radius 3 is 2.34 bits per heavy atom. The predicted octanol–water partition coefficient (Wildman–Crippen LogP) is 3.30. The summed E-state index contributed by atoms with van der Waals surface area (Å²) < 4.78 is 2.88. The van der Waals surface area contributed by atoms with Crippen LogP contribution < -0.4 is 11.0 Å². The van der Waals surface area contributed by atoms with Gasteiger partial charge in [-0.1, -0.05) is 25.0 Å². The Morgan fingerprint density at radius 1 is 1.12 bits per heavy atom. The molecule has 0 atom stereocenters. The fraction of sp³-hybridized carbons (Fsp3) is 0.625. The molecule has 2 aromatic rings. The van der Waals surface area contributed by atoms with Crippen LogP contribution in [0.25, 0.3) is 11.0 Å². The quantitative estimate of drug-likeness (QED) is 0.716. The molecule has 2 aliphatic rings. The molecule has 1 aliphatic heterocycles. The minimum Gasteiger partial charge on any atom is -0.481 e. The second-order valence-corrected chi connectivity index (χ2v) is 9.77. The first-order valence-electron chi connectivity index (χ1n) is 11.8. The lowest BCUT2D eigenvalue weighted by Gasteiger charge is -2.37. The molecule has 32 heavy (non-hydrogen) atoms. The Hall–Kier alpha value is -2.61. The molecule has 8 nitrogen and oxygen atoms in total. The molecule has 1 saturated carbocycles. The van der Waals surface area contributed by atoms with E-state index in [0.29, 0.717) is 24.5 Å². The molecule has 2 N–H and O–H groups in total. The van der Waals surface area contributed by atoms with Crippen LogP contribution in [0, 0.1) is 11.3 Å². The maximum atomic E-state index is 12.9. The van der Waals surface area contributed by atoms with Crippen molar-refractivity contribution in [2.45, 2.75) is 58.4 Å². The van der Waals surface area contributed by atoms with Crippen molar-refractivity contribution in [3.05, 3.63) is 34.7 Å². The summed E-state index contributed by atoms with van der Waals surface area (Å²) in [5.74, 6) is -0.330. The smallest absolute Gasteiger partial charge is 0.337 e. The Kier molecular flexibility index (Phi) is 6.42. The fourth-order valence-electron chi connectivity index (χ4n) is 5.44. The van der Waals surface area contributed by atoms with Gasteiger partial charge in [0.25, 0.3) is 0 Å². The third-order valence-electron chi connectivity index (χ3n) is 7.29. The third kappa shape index (κ3) is 4.20. The number of imidazole rings is 1. The highest BCUT2D eigenvalue weighted by Crippen LogP contribution is 2.39. The molecule has 1 amide bonds. The number of nitrogens with zero attached hydrogens (tertiary/aromatic N) is 3. The van der Waals surface area contributed by atoms with Crippen molar-refractivity contribution >= 4 is 23.0 Å². The number of aliphatic carboxylic acids is 1. The summed E-state index contributed by atoms with van der Waals surface area (Å²) >= 11 is 0. The minimum atomic E-state index is -0.657. The molecule has 1 saturated heterocycles. The molecule has 2 fully saturated rings. The number of carbonyl (C=O) groups excluding carboxylic acids is 1. The standard InChI is InChI=1S/C24H34N4O4/c1-17(2)27-19-7-3-4-8-20(19)28(23(27)32)22(31)25-15-18-9-13-26(14-10-18)16-24(21(29)30)11-5-6-12-24/h3-4,7-8,17-18H,5-6,9-16H2,1-2H3,(H,25,31)(H,29,30). The number of hydrogen-bond donors (Lipinski definition) is 2. The van der Waals surface area contributed by atoms with Gasteiger partial charge in [-0.3, -0.25) is 9.36 Å². The Labute approximate surface area is 188 Å². The number of carbonyl (C=O) groups is 2. The van der Waals surface area contributed by atoms with Crippen molar-refractivity contribution in [2.24, 2.45) is 11.3 Å². The number of rotatable bonds is 6. The number of nitrogens with one attached hydrogen (secondary N) is 1. The number of benzene rings is 1. The highest BCUT2D eigenvalue weighted by Gasteiger charge is 2.43. The van der Waals surface area contributed by atoms with Gasteiger partial charge in [0.15, 0.2) is 0 Å². The Balaban J connectivity index is 1.36. The van der Waals surface area contributed by atoms with E-state index in [4.69, 9.17) is 0 Å². The predicted molar refractivity (Wildman–Crippen MR) is 123 cm³/mol. The molecule has 0 unspecified atom stereocenters. The van der Waals surface area contributed by atoms with Gasteiger partial charge in [0.05, 0.1) is 16.4 Å². The Morgan fingerprint density at radius 2 is 1.75 bits per heavy atom. The number of para-hydroxylation sites is 2. The second-order valence-electron chi connectivity index (χ2n) is 9.77. The van der Waals surface area contributed by atoms with Crippen LogP contribution in [0.2, 0.25) is 0 Å². The molecule has 0 bridgehead atoms. The van der Waals surface area contributed by atoms with Crippen molar-refractivity contribution in [1.82, 2.24) is 19.4 Å².